The molecule has 0 fully saturated rings. The largest absolute Gasteiger partial charge is 0.271 e. The molecule has 3 nitrogen and oxygen atoms in total. The van der Waals surface area contributed by atoms with Gasteiger partial charge in [-0.3, -0.25) is 10.8 Å². The molecule has 1 atom stereocenters. The Hall–Kier alpha value is -1.71. The molecule has 1 unspecified atom stereocenters. The van der Waals surface area contributed by atoms with Crippen molar-refractivity contribution >= 4 is 0 Å². The third kappa shape index (κ3) is 2.83. The second-order valence-electron chi connectivity index (χ2n) is 5.17. The van der Waals surface area contributed by atoms with Crippen molar-refractivity contribution < 1.29 is 0 Å². The molecule has 1 heterocycles. The highest BCUT2D eigenvalue weighted by Crippen LogP contribution is 2.26. The molecule has 0 amide bonds. The zero-order valence-electron chi connectivity index (χ0n) is 12.0. The smallest absolute Gasteiger partial charge is 0.0886 e. The molecule has 0 radical (unpaired) electrons. The van der Waals surface area contributed by atoms with Crippen LogP contribution in [0.2, 0.25) is 0 Å². The van der Waals surface area contributed by atoms with E-state index in [1.807, 2.05) is 13.1 Å². The van der Waals surface area contributed by atoms with Gasteiger partial charge in [-0.2, -0.15) is 0 Å². The van der Waals surface area contributed by atoms with E-state index >= 15 is 0 Å². The number of hydrogen-bond donors (Lipinski definition) is 2. The zero-order chi connectivity index (χ0) is 14.0. The van der Waals surface area contributed by atoms with Crippen LogP contribution in [0.1, 0.15) is 39.6 Å². The van der Waals surface area contributed by atoms with E-state index in [1.165, 1.54) is 16.7 Å². The lowest BCUT2D eigenvalue weighted by atomic mass is 9.94. The van der Waals surface area contributed by atoms with Gasteiger partial charge in [0.25, 0.3) is 0 Å². The van der Waals surface area contributed by atoms with Crippen molar-refractivity contribution in [2.45, 2.75) is 33.7 Å². The Morgan fingerprint density at radius 1 is 1.00 bits per heavy atom. The lowest BCUT2D eigenvalue weighted by molar-refractivity contribution is 0.613. The number of nitrogens with zero attached hydrogens (tertiary/aromatic N) is 1. The maximum atomic E-state index is 5.77. The first-order chi connectivity index (χ1) is 9.02. The van der Waals surface area contributed by atoms with E-state index in [0.29, 0.717) is 0 Å². The Morgan fingerprint density at radius 2 is 1.74 bits per heavy atom. The topological polar surface area (TPSA) is 50.9 Å². The van der Waals surface area contributed by atoms with Crippen LogP contribution in [0.3, 0.4) is 0 Å². The summed E-state index contributed by atoms with van der Waals surface area (Å²) < 4.78 is 0. The van der Waals surface area contributed by atoms with Crippen LogP contribution in [-0.2, 0) is 0 Å². The van der Waals surface area contributed by atoms with E-state index in [1.54, 1.807) is 0 Å². The van der Waals surface area contributed by atoms with E-state index in [9.17, 15) is 0 Å². The molecule has 1 aromatic carbocycles. The Morgan fingerprint density at radius 3 is 2.37 bits per heavy atom. The van der Waals surface area contributed by atoms with Crippen molar-refractivity contribution in [3.8, 4) is 0 Å². The molecule has 19 heavy (non-hydrogen) atoms. The van der Waals surface area contributed by atoms with Gasteiger partial charge >= 0.3 is 0 Å². The highest BCUT2D eigenvalue weighted by atomic mass is 15.2. The van der Waals surface area contributed by atoms with E-state index in [0.717, 1.165) is 16.8 Å². The lowest BCUT2D eigenvalue weighted by Gasteiger charge is -2.20. The van der Waals surface area contributed by atoms with Crippen LogP contribution < -0.4 is 11.3 Å². The van der Waals surface area contributed by atoms with Crippen LogP contribution in [-0.4, -0.2) is 4.98 Å². The Balaban J connectivity index is 2.52. The Bertz CT molecular complexity index is 591. The molecule has 100 valence electrons. The summed E-state index contributed by atoms with van der Waals surface area (Å²) in [6.07, 6.45) is 1.89. The van der Waals surface area contributed by atoms with Crippen LogP contribution in [0.5, 0.6) is 0 Å². The molecular formula is C16H21N3. The minimum atomic E-state index is -0.0690. The molecule has 0 aliphatic carbocycles. The first-order valence-corrected chi connectivity index (χ1v) is 6.49. The summed E-state index contributed by atoms with van der Waals surface area (Å²) in [6.45, 7) is 8.31. The van der Waals surface area contributed by atoms with Gasteiger partial charge in [-0.1, -0.05) is 29.8 Å². The summed E-state index contributed by atoms with van der Waals surface area (Å²) in [4.78, 5) is 4.55. The number of pyridine rings is 1. The molecule has 1 aromatic heterocycles. The third-order valence-corrected chi connectivity index (χ3v) is 3.44. The standard InChI is InChI=1S/C16H21N3/c1-10-5-6-12(3)14(8-10)16(19-17)15-13(4)7-11(2)9-18-15/h5-9,16,19H,17H2,1-4H3. The second kappa shape index (κ2) is 5.51. The van der Waals surface area contributed by atoms with E-state index < -0.39 is 0 Å². The summed E-state index contributed by atoms with van der Waals surface area (Å²) in [5, 5.41) is 0. The fourth-order valence-corrected chi connectivity index (χ4v) is 2.42. The predicted octanol–water partition coefficient (Wildman–Crippen LogP) is 2.87. The third-order valence-electron chi connectivity index (χ3n) is 3.44. The molecule has 3 N–H and O–H groups in total. The normalized spacial score (nSPS) is 12.5. The molecule has 0 saturated carbocycles. The molecule has 3 heteroatoms. The average molecular weight is 255 g/mol. The quantitative estimate of drug-likeness (QED) is 0.655. The monoisotopic (exact) mass is 255 g/mol. The van der Waals surface area contributed by atoms with Crippen molar-refractivity contribution in [2.24, 2.45) is 5.84 Å². The first kappa shape index (κ1) is 13.7. The van der Waals surface area contributed by atoms with Gasteiger partial charge in [0, 0.05) is 6.20 Å². The van der Waals surface area contributed by atoms with E-state index in [-0.39, 0.29) is 6.04 Å². The van der Waals surface area contributed by atoms with Gasteiger partial charge < -0.3 is 0 Å². The van der Waals surface area contributed by atoms with Crippen molar-refractivity contribution in [3.63, 3.8) is 0 Å². The summed E-state index contributed by atoms with van der Waals surface area (Å²) in [5.74, 6) is 5.77. The van der Waals surface area contributed by atoms with Gasteiger partial charge in [0.05, 0.1) is 11.7 Å². The summed E-state index contributed by atoms with van der Waals surface area (Å²) >= 11 is 0. The molecule has 0 saturated heterocycles. The van der Waals surface area contributed by atoms with Crippen LogP contribution in [0.15, 0.2) is 30.5 Å². The zero-order valence-corrected chi connectivity index (χ0v) is 12.0. The van der Waals surface area contributed by atoms with Crippen LogP contribution in [0.25, 0.3) is 0 Å². The highest BCUT2D eigenvalue weighted by Gasteiger charge is 2.18. The SMILES string of the molecule is Cc1cnc(C(NN)c2cc(C)ccc2C)c(C)c1. The van der Waals surface area contributed by atoms with Gasteiger partial charge in [0.1, 0.15) is 0 Å². The number of hydrogen-bond acceptors (Lipinski definition) is 3. The Kier molecular flexibility index (Phi) is 3.98. The second-order valence-corrected chi connectivity index (χ2v) is 5.17. The summed E-state index contributed by atoms with van der Waals surface area (Å²) in [7, 11) is 0. The predicted molar refractivity (Wildman–Crippen MR) is 78.8 cm³/mol. The van der Waals surface area contributed by atoms with Gasteiger partial charge in [-0.25, -0.2) is 5.43 Å². The molecular weight excluding hydrogens is 234 g/mol. The Labute approximate surface area is 114 Å². The highest BCUT2D eigenvalue weighted by molar-refractivity contribution is 5.39. The molecule has 2 aromatic rings. The van der Waals surface area contributed by atoms with Crippen molar-refractivity contribution in [1.82, 2.24) is 10.4 Å². The van der Waals surface area contributed by atoms with E-state index in [4.69, 9.17) is 5.84 Å². The first-order valence-electron chi connectivity index (χ1n) is 6.49. The van der Waals surface area contributed by atoms with E-state index in [2.05, 4.69) is 55.4 Å². The van der Waals surface area contributed by atoms with Gasteiger partial charge in [-0.15, -0.1) is 0 Å². The van der Waals surface area contributed by atoms with Crippen LogP contribution in [0.4, 0.5) is 0 Å². The van der Waals surface area contributed by atoms with Crippen molar-refractivity contribution in [3.05, 3.63) is 64.0 Å². The van der Waals surface area contributed by atoms with Crippen molar-refractivity contribution in [1.29, 1.82) is 0 Å². The number of benzene rings is 1. The maximum absolute atomic E-state index is 5.77. The van der Waals surface area contributed by atoms with Gasteiger partial charge in [0.15, 0.2) is 0 Å². The molecule has 0 spiro atoms. The van der Waals surface area contributed by atoms with Gasteiger partial charge in [-0.05, 0) is 49.9 Å². The fourth-order valence-electron chi connectivity index (χ4n) is 2.42. The minimum Gasteiger partial charge on any atom is -0.271 e. The van der Waals surface area contributed by atoms with Crippen LogP contribution >= 0.6 is 0 Å². The number of nitrogens with two attached hydrogens (primary N) is 1. The molecule has 0 aliphatic rings. The maximum Gasteiger partial charge on any atom is 0.0886 e. The van der Waals surface area contributed by atoms with Gasteiger partial charge in [0.2, 0.25) is 0 Å². The summed E-state index contributed by atoms with van der Waals surface area (Å²) in [5.41, 5.74) is 9.84. The average Bonchev–Trinajstić information content (AvgIpc) is 2.36. The number of aromatic nitrogens is 1. The summed E-state index contributed by atoms with van der Waals surface area (Å²) in [6, 6.07) is 8.47. The fraction of sp³-hybridized carbons (Fsp3) is 0.312. The number of hydrazine groups is 1. The number of nitrogens with one attached hydrogen (secondary N) is 1. The van der Waals surface area contributed by atoms with Crippen molar-refractivity contribution in [2.75, 3.05) is 0 Å². The molecule has 0 bridgehead atoms. The number of rotatable bonds is 3. The number of aryl methyl sites for hydroxylation is 4. The molecule has 2 rings (SSSR count). The van der Waals surface area contributed by atoms with Crippen LogP contribution in [0, 0.1) is 27.7 Å². The lowest BCUT2D eigenvalue weighted by Crippen LogP contribution is -2.30. The minimum absolute atomic E-state index is 0.0690. The molecule has 0 aliphatic heterocycles.